The molecule has 0 heterocycles. The lowest BCUT2D eigenvalue weighted by Gasteiger charge is -2.14. The van der Waals surface area contributed by atoms with E-state index in [0.29, 0.717) is 30.6 Å². The van der Waals surface area contributed by atoms with Gasteiger partial charge in [-0.25, -0.2) is 0 Å². The molecular weight excluding hydrogens is 356 g/mol. The summed E-state index contributed by atoms with van der Waals surface area (Å²) in [5, 5.41) is 9.03. The predicted octanol–water partition coefficient (Wildman–Crippen LogP) is 2.44. The smallest absolute Gasteiger partial charge is 0.239 e. The van der Waals surface area contributed by atoms with Gasteiger partial charge in [-0.15, -0.1) is 0 Å². The van der Waals surface area contributed by atoms with E-state index in [0.717, 1.165) is 12.1 Å². The number of carbonyl (C=O) groups excluding carboxylic acids is 1. The quantitative estimate of drug-likeness (QED) is 0.457. The lowest BCUT2D eigenvalue weighted by atomic mass is 10.1. The third-order valence-electron chi connectivity index (χ3n) is 3.94. The number of aliphatic imine (C=N–C) groups is 1. The summed E-state index contributed by atoms with van der Waals surface area (Å²) >= 11 is 0. The Balaban J connectivity index is 1.80. The maximum atomic E-state index is 12.0. The number of anilines is 1. The van der Waals surface area contributed by atoms with E-state index in [-0.39, 0.29) is 12.5 Å². The van der Waals surface area contributed by atoms with Crippen LogP contribution >= 0.6 is 0 Å². The van der Waals surface area contributed by atoms with Crippen LogP contribution in [0.25, 0.3) is 0 Å². The number of benzene rings is 2. The number of carbonyl (C=O) groups is 1. The molecule has 0 aromatic heterocycles. The van der Waals surface area contributed by atoms with Crippen molar-refractivity contribution >= 4 is 17.6 Å². The third kappa shape index (κ3) is 6.83. The van der Waals surface area contributed by atoms with Crippen molar-refractivity contribution in [2.24, 2.45) is 4.99 Å². The Morgan fingerprint density at radius 2 is 1.86 bits per heavy atom. The summed E-state index contributed by atoms with van der Waals surface area (Å²) in [4.78, 5) is 16.2. The molecule has 0 aliphatic rings. The maximum Gasteiger partial charge on any atom is 0.239 e. The summed E-state index contributed by atoms with van der Waals surface area (Å²) in [6.07, 6.45) is 0.797. The number of ether oxygens (including phenoxy) is 2. The van der Waals surface area contributed by atoms with Gasteiger partial charge < -0.3 is 25.4 Å². The first-order chi connectivity index (χ1) is 13.7. The lowest BCUT2D eigenvalue weighted by Crippen LogP contribution is -2.40. The van der Waals surface area contributed by atoms with Crippen LogP contribution in [0.4, 0.5) is 5.69 Å². The van der Waals surface area contributed by atoms with E-state index in [2.05, 4.69) is 20.9 Å². The van der Waals surface area contributed by atoms with Crippen LogP contribution in [-0.4, -0.2) is 45.7 Å². The molecule has 28 heavy (non-hydrogen) atoms. The first-order valence-corrected chi connectivity index (χ1v) is 9.25. The molecule has 0 fully saturated rings. The molecule has 0 saturated heterocycles. The Kier molecular flexibility index (Phi) is 8.65. The minimum atomic E-state index is -0.0943. The maximum absolute atomic E-state index is 12.0. The molecule has 2 aromatic rings. The van der Waals surface area contributed by atoms with Crippen LogP contribution < -0.4 is 25.4 Å². The van der Waals surface area contributed by atoms with E-state index in [1.807, 2.05) is 55.5 Å². The van der Waals surface area contributed by atoms with Gasteiger partial charge >= 0.3 is 0 Å². The molecule has 0 aliphatic heterocycles. The fraction of sp³-hybridized carbons (Fsp3) is 0.333. The zero-order chi connectivity index (χ0) is 20.2. The van der Waals surface area contributed by atoms with Crippen molar-refractivity contribution in [3.8, 4) is 11.5 Å². The normalized spacial score (nSPS) is 10.9. The monoisotopic (exact) mass is 384 g/mol. The molecule has 0 saturated carbocycles. The lowest BCUT2D eigenvalue weighted by molar-refractivity contribution is -0.119. The van der Waals surface area contributed by atoms with Gasteiger partial charge in [0.05, 0.1) is 20.3 Å². The molecule has 1 amide bonds. The van der Waals surface area contributed by atoms with E-state index >= 15 is 0 Å². The minimum absolute atomic E-state index is 0.0943. The van der Waals surface area contributed by atoms with Crippen LogP contribution in [0.2, 0.25) is 0 Å². The molecule has 0 atom stereocenters. The van der Waals surface area contributed by atoms with Gasteiger partial charge in [0, 0.05) is 25.3 Å². The number of hydrogen-bond donors (Lipinski definition) is 3. The van der Waals surface area contributed by atoms with Gasteiger partial charge in [-0.05, 0) is 31.0 Å². The molecule has 0 unspecified atom stereocenters. The van der Waals surface area contributed by atoms with E-state index in [1.165, 1.54) is 5.56 Å². The van der Waals surface area contributed by atoms with Crippen molar-refractivity contribution in [1.82, 2.24) is 10.6 Å². The fourth-order valence-corrected chi connectivity index (χ4v) is 2.55. The van der Waals surface area contributed by atoms with Crippen molar-refractivity contribution in [1.29, 1.82) is 0 Å². The summed E-state index contributed by atoms with van der Waals surface area (Å²) in [6, 6.07) is 15.5. The Bertz CT molecular complexity index is 778. The highest BCUT2D eigenvalue weighted by molar-refractivity contribution is 5.96. The first-order valence-electron chi connectivity index (χ1n) is 9.25. The molecule has 0 bridgehead atoms. The van der Waals surface area contributed by atoms with Crippen LogP contribution in [0.3, 0.4) is 0 Å². The van der Waals surface area contributed by atoms with Crippen molar-refractivity contribution in [3.63, 3.8) is 0 Å². The van der Waals surface area contributed by atoms with Crippen molar-refractivity contribution in [2.75, 3.05) is 39.2 Å². The average molecular weight is 384 g/mol. The summed E-state index contributed by atoms with van der Waals surface area (Å²) in [6.45, 7) is 3.20. The molecule has 7 heteroatoms. The van der Waals surface area contributed by atoms with Crippen LogP contribution in [0.15, 0.2) is 53.5 Å². The van der Waals surface area contributed by atoms with E-state index in [9.17, 15) is 4.79 Å². The van der Waals surface area contributed by atoms with Gasteiger partial charge in [0.1, 0.15) is 0 Å². The Hall–Kier alpha value is -3.22. The third-order valence-corrected chi connectivity index (χ3v) is 3.94. The van der Waals surface area contributed by atoms with Gasteiger partial charge in [0.25, 0.3) is 0 Å². The molecule has 150 valence electrons. The zero-order valence-corrected chi connectivity index (χ0v) is 16.6. The SMILES string of the molecule is CCOc1ccc(NC(=NC)NCC(=O)NCCc2ccccc2)cc1OC. The molecule has 2 aromatic carbocycles. The van der Waals surface area contributed by atoms with E-state index < -0.39 is 0 Å². The van der Waals surface area contributed by atoms with E-state index in [4.69, 9.17) is 9.47 Å². The number of hydrogen-bond acceptors (Lipinski definition) is 4. The highest BCUT2D eigenvalue weighted by Gasteiger charge is 2.08. The number of nitrogens with zero attached hydrogens (tertiary/aromatic N) is 1. The van der Waals surface area contributed by atoms with Crippen molar-refractivity contribution in [3.05, 3.63) is 54.1 Å². The second-order valence-electron chi connectivity index (χ2n) is 5.93. The van der Waals surface area contributed by atoms with Crippen molar-refractivity contribution in [2.45, 2.75) is 13.3 Å². The second-order valence-corrected chi connectivity index (χ2v) is 5.93. The predicted molar refractivity (Wildman–Crippen MR) is 112 cm³/mol. The molecular formula is C21H28N4O3. The largest absolute Gasteiger partial charge is 0.493 e. The average Bonchev–Trinajstić information content (AvgIpc) is 2.73. The number of amides is 1. The Labute approximate surface area is 166 Å². The molecule has 0 aliphatic carbocycles. The summed E-state index contributed by atoms with van der Waals surface area (Å²) < 4.78 is 10.9. The van der Waals surface area contributed by atoms with Crippen LogP contribution in [0.5, 0.6) is 11.5 Å². The highest BCUT2D eigenvalue weighted by atomic mass is 16.5. The second kappa shape index (κ2) is 11.5. The first kappa shape index (κ1) is 21.1. The topological polar surface area (TPSA) is 84.0 Å². The Morgan fingerprint density at radius 3 is 2.54 bits per heavy atom. The molecule has 0 spiro atoms. The van der Waals surface area contributed by atoms with Gasteiger partial charge in [-0.1, -0.05) is 30.3 Å². The number of nitrogens with one attached hydrogen (secondary N) is 3. The van der Waals surface area contributed by atoms with Crippen LogP contribution in [-0.2, 0) is 11.2 Å². The number of rotatable bonds is 9. The molecule has 2 rings (SSSR count). The zero-order valence-electron chi connectivity index (χ0n) is 16.6. The van der Waals surface area contributed by atoms with Gasteiger partial charge in [-0.2, -0.15) is 0 Å². The standard InChI is InChI=1S/C21H28N4O3/c1-4-28-18-11-10-17(14-19(18)27-3)25-21(22-2)24-15-20(26)23-13-12-16-8-6-5-7-9-16/h5-11,14H,4,12-13,15H2,1-3H3,(H,23,26)(H2,22,24,25). The van der Waals surface area contributed by atoms with Crippen molar-refractivity contribution < 1.29 is 14.3 Å². The van der Waals surface area contributed by atoms with Crippen LogP contribution in [0.1, 0.15) is 12.5 Å². The van der Waals surface area contributed by atoms with Crippen LogP contribution in [0, 0.1) is 0 Å². The number of methoxy groups -OCH3 is 1. The summed E-state index contributed by atoms with van der Waals surface area (Å²) in [5.74, 6) is 1.70. The van der Waals surface area contributed by atoms with Gasteiger partial charge in [-0.3, -0.25) is 9.79 Å². The summed E-state index contributed by atoms with van der Waals surface area (Å²) in [7, 11) is 3.24. The van der Waals surface area contributed by atoms with E-state index in [1.54, 1.807) is 14.2 Å². The molecule has 3 N–H and O–H groups in total. The molecule has 0 radical (unpaired) electrons. The Morgan fingerprint density at radius 1 is 1.07 bits per heavy atom. The van der Waals surface area contributed by atoms with Gasteiger partial charge in [0.2, 0.25) is 5.91 Å². The molecule has 7 nitrogen and oxygen atoms in total. The van der Waals surface area contributed by atoms with Gasteiger partial charge in [0.15, 0.2) is 17.5 Å². The summed E-state index contributed by atoms with van der Waals surface area (Å²) in [5.41, 5.74) is 1.97. The highest BCUT2D eigenvalue weighted by Crippen LogP contribution is 2.30. The number of guanidine groups is 1. The minimum Gasteiger partial charge on any atom is -0.493 e. The fourth-order valence-electron chi connectivity index (χ4n) is 2.55.